The predicted octanol–water partition coefficient (Wildman–Crippen LogP) is 3.87. The molecular weight excluding hydrogens is 202 g/mol. The highest BCUT2D eigenvalue weighted by atomic mass is 35.5. The maximum absolute atomic E-state index is 11.4. The average molecular weight is 210 g/mol. The number of benzene rings is 1. The lowest BCUT2D eigenvalue weighted by molar-refractivity contribution is 0.0989. The lowest BCUT2D eigenvalue weighted by atomic mass is 10.1. The van der Waals surface area contributed by atoms with Gasteiger partial charge in [0.1, 0.15) is 0 Å². The lowest BCUT2D eigenvalue weighted by Crippen LogP contribution is -1.96. The minimum Gasteiger partial charge on any atom is -0.294 e. The molecule has 0 saturated carbocycles. The zero-order valence-electron chi connectivity index (χ0n) is 7.57. The molecule has 0 saturated heterocycles. The average Bonchev–Trinajstić information content (AvgIpc) is 2.20. The van der Waals surface area contributed by atoms with Gasteiger partial charge in [0.2, 0.25) is 0 Å². The van der Waals surface area contributed by atoms with Crippen LogP contribution < -0.4 is 0 Å². The summed E-state index contributed by atoms with van der Waals surface area (Å²) in [7, 11) is 0. The van der Waals surface area contributed by atoms with Crippen LogP contribution in [-0.2, 0) is 0 Å². The van der Waals surface area contributed by atoms with Gasteiger partial charge in [-0.3, -0.25) is 4.79 Å². The highest BCUT2D eigenvalue weighted by Crippen LogP contribution is 2.24. The summed E-state index contributed by atoms with van der Waals surface area (Å²) in [6.07, 6.45) is 0.355. The van der Waals surface area contributed by atoms with Crippen LogP contribution in [0.3, 0.4) is 0 Å². The Morgan fingerprint density at radius 1 is 1.64 bits per heavy atom. The first-order valence-electron chi connectivity index (χ1n) is 4.07. The number of nitrogens with zero attached hydrogens (tertiary/aromatic N) is 3. The molecule has 0 aromatic heterocycles. The van der Waals surface area contributed by atoms with Crippen LogP contribution in [-0.4, -0.2) is 5.78 Å². The van der Waals surface area contributed by atoms with Gasteiger partial charge < -0.3 is 0 Å². The second-order valence-corrected chi connectivity index (χ2v) is 3.06. The Hall–Kier alpha value is -1.51. The number of carbonyl (C=O) groups is 1. The van der Waals surface area contributed by atoms with Crippen LogP contribution in [0, 0.1) is 0 Å². The number of ketones is 1. The molecule has 0 aliphatic carbocycles. The third-order valence-corrected chi connectivity index (χ3v) is 1.97. The van der Waals surface area contributed by atoms with E-state index < -0.39 is 0 Å². The van der Waals surface area contributed by atoms with E-state index >= 15 is 0 Å². The van der Waals surface area contributed by atoms with E-state index in [1.54, 1.807) is 13.0 Å². The Labute approximate surface area is 86.1 Å². The maximum atomic E-state index is 11.4. The van der Waals surface area contributed by atoms with E-state index in [9.17, 15) is 4.79 Å². The Bertz CT molecular complexity index is 411. The second kappa shape index (κ2) is 4.65. The van der Waals surface area contributed by atoms with E-state index in [1.165, 1.54) is 12.1 Å². The van der Waals surface area contributed by atoms with Crippen molar-refractivity contribution in [2.45, 2.75) is 13.3 Å². The van der Waals surface area contributed by atoms with Crippen molar-refractivity contribution in [2.24, 2.45) is 5.11 Å². The SMILES string of the molecule is CCC(=O)c1cc(Cl)ccc1N=[N+]=[N-]. The molecule has 72 valence electrons. The number of hydrogen-bond donors (Lipinski definition) is 0. The second-order valence-electron chi connectivity index (χ2n) is 2.63. The summed E-state index contributed by atoms with van der Waals surface area (Å²) >= 11 is 5.73. The van der Waals surface area contributed by atoms with Gasteiger partial charge in [-0.1, -0.05) is 29.7 Å². The van der Waals surface area contributed by atoms with Crippen molar-refractivity contribution < 1.29 is 4.79 Å². The first-order chi connectivity index (χ1) is 6.69. The molecule has 0 fully saturated rings. The summed E-state index contributed by atoms with van der Waals surface area (Å²) in [4.78, 5) is 14.1. The molecule has 0 radical (unpaired) electrons. The van der Waals surface area contributed by atoms with Crippen molar-refractivity contribution >= 4 is 23.1 Å². The van der Waals surface area contributed by atoms with Crippen LogP contribution in [0.2, 0.25) is 5.02 Å². The summed E-state index contributed by atoms with van der Waals surface area (Å²) in [6.45, 7) is 1.74. The number of halogens is 1. The van der Waals surface area contributed by atoms with Crippen molar-refractivity contribution in [1.29, 1.82) is 0 Å². The monoisotopic (exact) mass is 209 g/mol. The number of carbonyl (C=O) groups excluding carboxylic acids is 1. The minimum atomic E-state index is -0.0881. The molecule has 1 aromatic rings. The minimum absolute atomic E-state index is 0.0881. The van der Waals surface area contributed by atoms with Crippen LogP contribution in [0.1, 0.15) is 23.7 Å². The molecule has 0 aliphatic heterocycles. The van der Waals surface area contributed by atoms with Gasteiger partial charge in [-0.15, -0.1) is 0 Å². The van der Waals surface area contributed by atoms with Crippen LogP contribution in [0.5, 0.6) is 0 Å². The highest BCUT2D eigenvalue weighted by Gasteiger charge is 2.08. The van der Waals surface area contributed by atoms with E-state index in [0.29, 0.717) is 22.7 Å². The molecule has 0 N–H and O–H groups in total. The smallest absolute Gasteiger partial charge is 0.163 e. The molecule has 0 atom stereocenters. The molecule has 4 nitrogen and oxygen atoms in total. The fourth-order valence-electron chi connectivity index (χ4n) is 1.06. The van der Waals surface area contributed by atoms with Crippen molar-refractivity contribution in [3.63, 3.8) is 0 Å². The van der Waals surface area contributed by atoms with Gasteiger partial charge in [0.25, 0.3) is 0 Å². The highest BCUT2D eigenvalue weighted by molar-refractivity contribution is 6.31. The van der Waals surface area contributed by atoms with Gasteiger partial charge in [0.05, 0.1) is 0 Å². The lowest BCUT2D eigenvalue weighted by Gasteiger charge is -2.02. The van der Waals surface area contributed by atoms with Gasteiger partial charge in [-0.25, -0.2) is 0 Å². The summed E-state index contributed by atoms with van der Waals surface area (Å²) in [5.74, 6) is -0.0881. The van der Waals surface area contributed by atoms with Gasteiger partial charge in [-0.2, -0.15) is 0 Å². The van der Waals surface area contributed by atoms with Crippen molar-refractivity contribution in [1.82, 2.24) is 0 Å². The van der Waals surface area contributed by atoms with Gasteiger partial charge in [0.15, 0.2) is 5.78 Å². The predicted molar refractivity (Wildman–Crippen MR) is 54.9 cm³/mol. The zero-order chi connectivity index (χ0) is 10.6. The fraction of sp³-hybridized carbons (Fsp3) is 0.222. The molecule has 0 unspecified atom stereocenters. The van der Waals surface area contributed by atoms with Gasteiger partial charge in [0, 0.05) is 27.6 Å². The summed E-state index contributed by atoms with van der Waals surface area (Å²) in [6, 6.07) is 4.63. The number of rotatable bonds is 3. The molecule has 1 rings (SSSR count). The molecular formula is C9H8ClN3O. The largest absolute Gasteiger partial charge is 0.294 e. The zero-order valence-corrected chi connectivity index (χ0v) is 8.32. The maximum Gasteiger partial charge on any atom is 0.163 e. The molecule has 0 bridgehead atoms. The normalized spacial score (nSPS) is 9.29. The van der Waals surface area contributed by atoms with Crippen LogP contribution in [0.15, 0.2) is 23.3 Å². The molecule has 1 aromatic carbocycles. The van der Waals surface area contributed by atoms with E-state index in [0.717, 1.165) is 0 Å². The van der Waals surface area contributed by atoms with Crippen molar-refractivity contribution in [3.05, 3.63) is 39.2 Å². The fourth-order valence-corrected chi connectivity index (χ4v) is 1.23. The Morgan fingerprint density at radius 2 is 2.36 bits per heavy atom. The number of Topliss-reactive ketones (excluding diaryl/α,β-unsaturated/α-hetero) is 1. The molecule has 5 heteroatoms. The van der Waals surface area contributed by atoms with Gasteiger partial charge >= 0.3 is 0 Å². The summed E-state index contributed by atoms with van der Waals surface area (Å²) in [5, 5.41) is 3.87. The molecule has 0 spiro atoms. The standard InChI is InChI=1S/C9H8ClN3O/c1-2-9(14)7-5-6(10)3-4-8(7)12-13-11/h3-5H,2H2,1H3. The number of hydrogen-bond acceptors (Lipinski definition) is 2. The molecule has 0 aliphatic rings. The summed E-state index contributed by atoms with van der Waals surface area (Å²) in [5.41, 5.74) is 8.98. The van der Waals surface area contributed by atoms with E-state index in [-0.39, 0.29) is 5.78 Å². The molecule has 14 heavy (non-hydrogen) atoms. The number of azide groups is 1. The third-order valence-electron chi connectivity index (χ3n) is 1.73. The van der Waals surface area contributed by atoms with Gasteiger partial charge in [-0.05, 0) is 17.7 Å². The Kier molecular flexibility index (Phi) is 3.51. The van der Waals surface area contributed by atoms with E-state index in [2.05, 4.69) is 10.0 Å². The Balaban J connectivity index is 3.28. The van der Waals surface area contributed by atoms with Crippen LogP contribution in [0.4, 0.5) is 5.69 Å². The first kappa shape index (κ1) is 10.6. The van der Waals surface area contributed by atoms with E-state index in [1.807, 2.05) is 0 Å². The summed E-state index contributed by atoms with van der Waals surface area (Å²) < 4.78 is 0. The van der Waals surface area contributed by atoms with Crippen molar-refractivity contribution in [3.8, 4) is 0 Å². The quantitative estimate of drug-likeness (QED) is 0.322. The van der Waals surface area contributed by atoms with E-state index in [4.69, 9.17) is 17.1 Å². The third kappa shape index (κ3) is 2.25. The van der Waals surface area contributed by atoms with Crippen LogP contribution in [0.25, 0.3) is 10.4 Å². The first-order valence-corrected chi connectivity index (χ1v) is 4.44. The molecule has 0 amide bonds. The Morgan fingerprint density at radius 3 is 2.93 bits per heavy atom. The topological polar surface area (TPSA) is 65.8 Å². The van der Waals surface area contributed by atoms with Crippen LogP contribution >= 0.6 is 11.6 Å². The van der Waals surface area contributed by atoms with Crippen molar-refractivity contribution in [2.75, 3.05) is 0 Å². The molecule has 0 heterocycles.